The standard InChI is InChI=1S/C19H32N2O4/c1-15(2)7-5-13-20-18(23)10-6-14-21-19(24)25-17-9-4-3-8-16(22)11-12-17/h4-5,9,13,15-17,22H,3,6-8,10-12,14H2,1-2H3,(H,20,23)(H,21,24)/b9-4+,13-5?/t16-,17-/m1/s1. The van der Waals surface area contributed by atoms with Crippen LogP contribution in [0.2, 0.25) is 0 Å². The zero-order valence-electron chi connectivity index (χ0n) is 15.4. The lowest BCUT2D eigenvalue weighted by molar-refractivity contribution is -0.120. The zero-order valence-corrected chi connectivity index (χ0v) is 15.4. The van der Waals surface area contributed by atoms with E-state index in [1.54, 1.807) is 6.20 Å². The predicted octanol–water partition coefficient (Wildman–Crippen LogP) is 3.03. The Morgan fingerprint density at radius 2 is 2.12 bits per heavy atom. The number of nitrogens with one attached hydrogen (secondary N) is 2. The van der Waals surface area contributed by atoms with E-state index in [9.17, 15) is 14.7 Å². The molecule has 6 nitrogen and oxygen atoms in total. The van der Waals surface area contributed by atoms with Gasteiger partial charge in [0, 0.05) is 13.0 Å². The molecule has 0 heterocycles. The summed E-state index contributed by atoms with van der Waals surface area (Å²) in [7, 11) is 0. The van der Waals surface area contributed by atoms with E-state index in [1.807, 2.05) is 18.2 Å². The summed E-state index contributed by atoms with van der Waals surface area (Å²) in [4.78, 5) is 23.4. The molecule has 1 rings (SSSR count). The van der Waals surface area contributed by atoms with Gasteiger partial charge in [-0.2, -0.15) is 0 Å². The summed E-state index contributed by atoms with van der Waals surface area (Å²) >= 11 is 0. The van der Waals surface area contributed by atoms with Crippen molar-refractivity contribution in [2.45, 2.75) is 71.0 Å². The number of carbonyl (C=O) groups excluding carboxylic acids is 2. The molecule has 0 unspecified atom stereocenters. The second kappa shape index (κ2) is 12.5. The molecule has 0 aromatic carbocycles. The van der Waals surface area contributed by atoms with Crippen LogP contribution in [-0.4, -0.2) is 35.9 Å². The highest BCUT2D eigenvalue weighted by molar-refractivity contribution is 5.76. The molecule has 6 heteroatoms. The van der Waals surface area contributed by atoms with Gasteiger partial charge in [-0.05, 0) is 56.7 Å². The molecule has 3 N–H and O–H groups in total. The molecule has 0 spiro atoms. The average molecular weight is 352 g/mol. The number of aliphatic hydroxyl groups is 1. The summed E-state index contributed by atoms with van der Waals surface area (Å²) in [6.45, 7) is 4.62. The first-order chi connectivity index (χ1) is 12.0. The molecule has 0 aromatic rings. The SMILES string of the molecule is CC(C)CC=CNC(=O)CCCNC(=O)O[C@@H]1/C=C/CC[C@@H](O)CC1. The fourth-order valence-electron chi connectivity index (χ4n) is 2.41. The van der Waals surface area contributed by atoms with Crippen LogP contribution in [0.5, 0.6) is 0 Å². The smallest absolute Gasteiger partial charge is 0.407 e. The van der Waals surface area contributed by atoms with Crippen molar-refractivity contribution >= 4 is 12.0 Å². The second-order valence-corrected chi connectivity index (χ2v) is 6.81. The highest BCUT2D eigenvalue weighted by Gasteiger charge is 2.15. The van der Waals surface area contributed by atoms with E-state index in [-0.39, 0.29) is 18.1 Å². The molecule has 0 radical (unpaired) electrons. The van der Waals surface area contributed by atoms with Crippen LogP contribution in [0.25, 0.3) is 0 Å². The van der Waals surface area contributed by atoms with E-state index >= 15 is 0 Å². The van der Waals surface area contributed by atoms with Gasteiger partial charge in [0.2, 0.25) is 5.91 Å². The Balaban J connectivity index is 2.12. The number of aliphatic hydroxyl groups excluding tert-OH is 1. The molecular weight excluding hydrogens is 320 g/mol. The molecule has 0 fully saturated rings. The molecule has 0 aliphatic heterocycles. The van der Waals surface area contributed by atoms with Crippen molar-refractivity contribution in [3.8, 4) is 0 Å². The van der Waals surface area contributed by atoms with Crippen molar-refractivity contribution in [1.82, 2.24) is 10.6 Å². The minimum absolute atomic E-state index is 0.0629. The maximum absolute atomic E-state index is 11.8. The van der Waals surface area contributed by atoms with Crippen LogP contribution in [0.1, 0.15) is 58.8 Å². The molecule has 2 atom stereocenters. The van der Waals surface area contributed by atoms with Crippen molar-refractivity contribution in [3.63, 3.8) is 0 Å². The highest BCUT2D eigenvalue weighted by Crippen LogP contribution is 2.15. The molecule has 1 aliphatic carbocycles. The summed E-state index contributed by atoms with van der Waals surface area (Å²) in [5.41, 5.74) is 0. The van der Waals surface area contributed by atoms with Crippen molar-refractivity contribution in [2.24, 2.45) is 5.92 Å². The Morgan fingerprint density at radius 1 is 1.32 bits per heavy atom. The number of allylic oxidation sites excluding steroid dienone is 2. The fraction of sp³-hybridized carbons (Fsp3) is 0.684. The lowest BCUT2D eigenvalue weighted by atomic mass is 10.0. The second-order valence-electron chi connectivity index (χ2n) is 6.81. The van der Waals surface area contributed by atoms with Gasteiger partial charge in [0.25, 0.3) is 0 Å². The minimum atomic E-state index is -0.484. The van der Waals surface area contributed by atoms with Crippen LogP contribution in [0, 0.1) is 5.92 Å². The van der Waals surface area contributed by atoms with E-state index in [0.717, 1.165) is 19.3 Å². The van der Waals surface area contributed by atoms with Crippen molar-refractivity contribution < 1.29 is 19.4 Å². The number of hydrogen-bond acceptors (Lipinski definition) is 4. The van der Waals surface area contributed by atoms with Gasteiger partial charge in [-0.1, -0.05) is 26.0 Å². The first-order valence-electron chi connectivity index (χ1n) is 9.21. The van der Waals surface area contributed by atoms with Gasteiger partial charge in [-0.25, -0.2) is 4.79 Å². The van der Waals surface area contributed by atoms with Crippen LogP contribution in [0.3, 0.4) is 0 Å². The molecule has 0 saturated carbocycles. The Morgan fingerprint density at radius 3 is 2.88 bits per heavy atom. The molecule has 0 bridgehead atoms. The fourth-order valence-corrected chi connectivity index (χ4v) is 2.41. The summed E-state index contributed by atoms with van der Waals surface area (Å²) in [6.07, 6.45) is 11.0. The van der Waals surface area contributed by atoms with Crippen molar-refractivity contribution in [3.05, 3.63) is 24.4 Å². The first kappa shape index (κ1) is 21.2. The van der Waals surface area contributed by atoms with Gasteiger partial charge >= 0.3 is 6.09 Å². The third-order valence-electron chi connectivity index (χ3n) is 3.88. The van der Waals surface area contributed by atoms with Crippen LogP contribution in [0.15, 0.2) is 24.4 Å². The Bertz CT molecular complexity index is 460. The van der Waals surface area contributed by atoms with Gasteiger partial charge in [-0.15, -0.1) is 0 Å². The largest absolute Gasteiger partial charge is 0.442 e. The normalized spacial score (nSPS) is 22.2. The Kier molecular flexibility index (Phi) is 10.6. The Labute approximate surface area is 150 Å². The lowest BCUT2D eigenvalue weighted by Gasteiger charge is -2.19. The maximum atomic E-state index is 11.8. The van der Waals surface area contributed by atoms with E-state index in [2.05, 4.69) is 24.5 Å². The van der Waals surface area contributed by atoms with Crippen molar-refractivity contribution in [1.29, 1.82) is 0 Å². The number of amides is 2. The molecule has 1 aliphatic rings. The molecule has 2 amide bonds. The topological polar surface area (TPSA) is 87.7 Å². The third-order valence-corrected chi connectivity index (χ3v) is 3.88. The number of rotatable bonds is 8. The van der Waals surface area contributed by atoms with E-state index in [1.165, 1.54) is 0 Å². The molecule has 0 saturated heterocycles. The predicted molar refractivity (Wildman–Crippen MR) is 97.9 cm³/mol. The monoisotopic (exact) mass is 352 g/mol. The molecular formula is C19H32N2O4. The summed E-state index contributed by atoms with van der Waals surface area (Å²) in [5, 5.41) is 15.0. The third kappa shape index (κ3) is 11.4. The number of hydrogen-bond donors (Lipinski definition) is 3. The van der Waals surface area contributed by atoms with Gasteiger partial charge < -0.3 is 20.5 Å². The van der Waals surface area contributed by atoms with Gasteiger partial charge in [0.05, 0.1) is 6.10 Å². The van der Waals surface area contributed by atoms with Crippen LogP contribution in [0.4, 0.5) is 4.79 Å². The van der Waals surface area contributed by atoms with Crippen molar-refractivity contribution in [2.75, 3.05) is 6.54 Å². The Hall–Kier alpha value is -1.82. The van der Waals surface area contributed by atoms with Crippen LogP contribution in [-0.2, 0) is 9.53 Å². The number of ether oxygens (including phenoxy) is 1. The van der Waals surface area contributed by atoms with Gasteiger partial charge in [0.15, 0.2) is 0 Å². The van der Waals surface area contributed by atoms with E-state index in [4.69, 9.17) is 4.74 Å². The zero-order chi connectivity index (χ0) is 18.5. The maximum Gasteiger partial charge on any atom is 0.407 e. The molecule has 25 heavy (non-hydrogen) atoms. The van der Waals surface area contributed by atoms with Crippen LogP contribution >= 0.6 is 0 Å². The van der Waals surface area contributed by atoms with E-state index in [0.29, 0.717) is 38.1 Å². The number of alkyl carbamates (subject to hydrolysis) is 1. The van der Waals surface area contributed by atoms with Gasteiger partial charge in [-0.3, -0.25) is 4.79 Å². The molecule has 0 aromatic heterocycles. The number of carbonyl (C=O) groups is 2. The average Bonchev–Trinajstić information content (AvgIpc) is 2.55. The first-order valence-corrected chi connectivity index (χ1v) is 9.21. The minimum Gasteiger partial charge on any atom is -0.442 e. The summed E-state index contributed by atoms with van der Waals surface area (Å²) in [6, 6.07) is 0. The summed E-state index contributed by atoms with van der Waals surface area (Å²) in [5.74, 6) is 0.506. The summed E-state index contributed by atoms with van der Waals surface area (Å²) < 4.78 is 5.32. The lowest BCUT2D eigenvalue weighted by Crippen LogP contribution is -2.30. The molecule has 142 valence electrons. The van der Waals surface area contributed by atoms with Crippen LogP contribution < -0.4 is 10.6 Å². The van der Waals surface area contributed by atoms with Gasteiger partial charge in [0.1, 0.15) is 6.10 Å². The quantitative estimate of drug-likeness (QED) is 0.463. The van der Waals surface area contributed by atoms with E-state index < -0.39 is 6.09 Å². The highest BCUT2D eigenvalue weighted by atomic mass is 16.6.